The number of hydrogen-bond acceptors (Lipinski definition) is 8. The monoisotopic (exact) mass is 469 g/mol. The zero-order chi connectivity index (χ0) is 24.4. The molecule has 2 heterocycles. The summed E-state index contributed by atoms with van der Waals surface area (Å²) in [5, 5.41) is 17.9. The Kier molecular flexibility index (Phi) is 6.00. The number of halogens is 1. The van der Waals surface area contributed by atoms with Crippen LogP contribution in [0.5, 0.6) is 11.5 Å². The van der Waals surface area contributed by atoms with Gasteiger partial charge in [0.2, 0.25) is 11.5 Å². The summed E-state index contributed by atoms with van der Waals surface area (Å²) in [4.78, 5) is 46.7. The predicted molar refractivity (Wildman–Crippen MR) is 115 cm³/mol. The van der Waals surface area contributed by atoms with Gasteiger partial charge in [-0.15, -0.1) is 0 Å². The molecule has 4 rings (SSSR count). The van der Waals surface area contributed by atoms with Crippen LogP contribution < -0.4 is 20.3 Å². The molecule has 2 aromatic carbocycles. The largest absolute Gasteiger partial charge is 0.489 e. The van der Waals surface area contributed by atoms with Gasteiger partial charge in [-0.3, -0.25) is 9.59 Å². The van der Waals surface area contributed by atoms with Crippen LogP contribution in [0.2, 0.25) is 0 Å². The first-order chi connectivity index (χ1) is 16.2. The molecule has 11 heteroatoms. The Balaban J connectivity index is 1.49. The Hall–Kier alpha value is -4.67. The molecule has 2 N–H and O–H groups in total. The third-order valence-corrected chi connectivity index (χ3v) is 4.69. The van der Waals surface area contributed by atoms with Crippen LogP contribution in [0.25, 0.3) is 21.9 Å². The first-order valence-corrected chi connectivity index (χ1v) is 9.74. The van der Waals surface area contributed by atoms with E-state index in [-0.39, 0.29) is 33.4 Å². The second-order valence-corrected chi connectivity index (χ2v) is 7.04. The molecule has 0 saturated carbocycles. The zero-order valence-corrected chi connectivity index (χ0v) is 17.1. The summed E-state index contributed by atoms with van der Waals surface area (Å²) >= 11 is 0. The van der Waals surface area contributed by atoms with Gasteiger partial charge in [0.25, 0.3) is 0 Å². The topological polar surface area (TPSA) is 153 Å². The van der Waals surface area contributed by atoms with Crippen molar-refractivity contribution >= 4 is 33.9 Å². The van der Waals surface area contributed by atoms with Crippen molar-refractivity contribution in [2.24, 2.45) is 0 Å². The molecule has 0 atom stereocenters. The van der Waals surface area contributed by atoms with Crippen LogP contribution in [0.4, 0.5) is 4.39 Å². The molecule has 4 aromatic rings. The quantitative estimate of drug-likeness (QED) is 0.393. The van der Waals surface area contributed by atoms with Crippen molar-refractivity contribution in [3.63, 3.8) is 0 Å². The number of hydrogen-bond donors (Lipinski definition) is 2. The number of benzene rings is 2. The second kappa shape index (κ2) is 9.06. The van der Waals surface area contributed by atoms with Crippen LogP contribution in [0.1, 0.15) is 21.1 Å². The Morgan fingerprint density at radius 3 is 1.59 bits per heavy atom. The highest BCUT2D eigenvalue weighted by molar-refractivity contribution is 5.90. The molecule has 10 nitrogen and oxygen atoms in total. The fraction of sp³-hybridized carbons (Fsp3) is 0.130. The second-order valence-electron chi connectivity index (χ2n) is 7.04. The van der Waals surface area contributed by atoms with E-state index in [1.165, 1.54) is 36.4 Å². The van der Waals surface area contributed by atoms with Gasteiger partial charge in [-0.1, -0.05) is 12.1 Å². The van der Waals surface area contributed by atoms with Gasteiger partial charge in [0, 0.05) is 12.1 Å². The van der Waals surface area contributed by atoms with Crippen molar-refractivity contribution in [3.05, 3.63) is 80.5 Å². The van der Waals surface area contributed by atoms with Crippen LogP contribution in [0.3, 0.4) is 0 Å². The predicted octanol–water partition coefficient (Wildman–Crippen LogP) is 3.09. The van der Waals surface area contributed by atoms with Gasteiger partial charge in [0.05, 0.1) is 0 Å². The molecular weight excluding hydrogens is 454 g/mol. The summed E-state index contributed by atoms with van der Waals surface area (Å²) in [6.45, 7) is -1.05. The maximum Gasteiger partial charge on any atom is 0.371 e. The van der Waals surface area contributed by atoms with Crippen molar-refractivity contribution in [1.29, 1.82) is 0 Å². The van der Waals surface area contributed by atoms with Crippen molar-refractivity contribution in [1.82, 2.24) is 0 Å². The molecule has 34 heavy (non-hydrogen) atoms. The van der Waals surface area contributed by atoms with E-state index in [0.717, 1.165) is 12.1 Å². The van der Waals surface area contributed by atoms with E-state index in [4.69, 9.17) is 28.5 Å². The van der Waals surface area contributed by atoms with Gasteiger partial charge in [-0.25, -0.2) is 14.0 Å². The minimum Gasteiger partial charge on any atom is -0.489 e. The highest BCUT2D eigenvalue weighted by Crippen LogP contribution is 2.25. The summed E-state index contributed by atoms with van der Waals surface area (Å²) in [5.74, 6) is -3.90. The van der Waals surface area contributed by atoms with Gasteiger partial charge < -0.3 is 28.5 Å². The van der Waals surface area contributed by atoms with Gasteiger partial charge >= 0.3 is 11.9 Å². The molecule has 0 aliphatic rings. The van der Waals surface area contributed by atoms with Gasteiger partial charge in [-0.05, 0) is 24.3 Å². The number of carboxylic acids is 2. The summed E-state index contributed by atoms with van der Waals surface area (Å²) < 4.78 is 35.6. The normalized spacial score (nSPS) is 11.1. The van der Waals surface area contributed by atoms with Crippen molar-refractivity contribution < 1.29 is 42.5 Å². The summed E-state index contributed by atoms with van der Waals surface area (Å²) in [6, 6.07) is 10.1. The summed E-state index contributed by atoms with van der Waals surface area (Å²) in [5.41, 5.74) is -1.39. The van der Waals surface area contributed by atoms with Crippen LogP contribution in [0, 0.1) is 0 Å². The first-order valence-electron chi connectivity index (χ1n) is 9.74. The van der Waals surface area contributed by atoms with Gasteiger partial charge in [0.1, 0.15) is 46.7 Å². The highest BCUT2D eigenvalue weighted by Gasteiger charge is 2.18. The molecule has 0 fully saturated rings. The number of ether oxygens (including phenoxy) is 2. The first kappa shape index (κ1) is 22.5. The smallest absolute Gasteiger partial charge is 0.371 e. The van der Waals surface area contributed by atoms with Gasteiger partial charge in [0.15, 0.2) is 17.0 Å². The molecule has 174 valence electrons. The number of aromatic carboxylic acids is 2. The molecule has 0 aliphatic carbocycles. The van der Waals surface area contributed by atoms with Crippen molar-refractivity contribution in [3.8, 4) is 11.5 Å². The fourth-order valence-electron chi connectivity index (χ4n) is 3.22. The van der Waals surface area contributed by atoms with Crippen LogP contribution in [-0.4, -0.2) is 41.5 Å². The maximum absolute atomic E-state index is 14.5. The highest BCUT2D eigenvalue weighted by atomic mass is 18.2. The minimum atomic E-state index is -1.69. The molecule has 0 spiro atoms. The van der Waals surface area contributed by atoms with Gasteiger partial charge in [-0.2, -0.15) is 0 Å². The summed E-state index contributed by atoms with van der Waals surface area (Å²) in [7, 11) is 0. The Morgan fingerprint density at radius 2 is 1.21 bits per heavy atom. The summed E-state index contributed by atoms with van der Waals surface area (Å²) in [6.07, 6.45) is -1.69. The lowest BCUT2D eigenvalue weighted by Crippen LogP contribution is -2.22. The number of alkyl halides is 1. The maximum atomic E-state index is 14.5. The van der Waals surface area contributed by atoms with E-state index in [0.29, 0.717) is 0 Å². The van der Waals surface area contributed by atoms with E-state index in [9.17, 15) is 23.6 Å². The molecule has 0 bridgehead atoms. The Labute approximate surface area is 188 Å². The minimum absolute atomic E-state index is 0.00200. The van der Waals surface area contributed by atoms with Crippen molar-refractivity contribution in [2.45, 2.75) is 6.17 Å². The lowest BCUT2D eigenvalue weighted by molar-refractivity contribution is 0.0653. The molecular formula is C23H15FO10. The Bertz CT molecular complexity index is 1420. The number of fused-ring (bicyclic) bond motifs is 2. The number of carbonyl (C=O) groups is 2. The van der Waals surface area contributed by atoms with Crippen LogP contribution >= 0.6 is 0 Å². The van der Waals surface area contributed by atoms with Crippen LogP contribution in [-0.2, 0) is 0 Å². The molecule has 0 aliphatic heterocycles. The van der Waals surface area contributed by atoms with Crippen LogP contribution in [0.15, 0.2) is 67.0 Å². The SMILES string of the molecule is O=C(O)c1cc(=O)c2c(OCC([18F])COc3cccc4oc(C(=O)O)cc(=O)c34)cccc2o1. The number of rotatable bonds is 8. The van der Waals surface area contributed by atoms with E-state index >= 15 is 0 Å². The average molecular weight is 469 g/mol. The Morgan fingerprint density at radius 1 is 0.794 bits per heavy atom. The molecule has 0 amide bonds. The molecule has 0 saturated heterocycles. The third-order valence-electron chi connectivity index (χ3n) is 4.69. The lowest BCUT2D eigenvalue weighted by atomic mass is 10.2. The van der Waals surface area contributed by atoms with Crippen molar-refractivity contribution in [2.75, 3.05) is 13.2 Å². The molecule has 0 radical (unpaired) electrons. The third kappa shape index (κ3) is 4.44. The van der Waals surface area contributed by atoms with E-state index < -0.39 is 53.7 Å². The fourth-order valence-corrected chi connectivity index (χ4v) is 3.22. The zero-order valence-electron chi connectivity index (χ0n) is 17.1. The lowest BCUT2D eigenvalue weighted by Gasteiger charge is -2.14. The van der Waals surface area contributed by atoms with E-state index in [2.05, 4.69) is 0 Å². The average Bonchev–Trinajstić information content (AvgIpc) is 2.80. The van der Waals surface area contributed by atoms with E-state index in [1.54, 1.807) is 0 Å². The van der Waals surface area contributed by atoms with E-state index in [1.807, 2.05) is 0 Å². The number of carboxylic acid groups (broad SMARTS) is 2. The standard InChI is InChI=1S/C23H15FO10/c24-11(9-31-14-3-1-5-16-20(14)12(25)7-18(33-16)22(27)28)10-32-15-4-2-6-17-21(15)13(26)8-19(34-17)23(29)30/h1-8,11H,9-10H2,(H,27,28)(H,29,30)/i24-1. The molecule has 0 unspecified atom stereocenters. The molecule has 2 aromatic heterocycles.